The number of nitrogen functional groups attached to an aromatic ring is 1. The molecule has 0 spiro atoms. The first kappa shape index (κ1) is 10.9. The van der Waals surface area contributed by atoms with Gasteiger partial charge in [-0.15, -0.1) is 0 Å². The minimum Gasteiger partial charge on any atom is -0.369 e. The van der Waals surface area contributed by atoms with Gasteiger partial charge >= 0.3 is 0 Å². The molecular formula is C13H16ClN3. The highest BCUT2D eigenvalue weighted by Gasteiger charge is 2.40. The molecule has 0 unspecified atom stereocenters. The highest BCUT2D eigenvalue weighted by Crippen LogP contribution is 2.46. The Bertz CT molecular complexity index is 582. The van der Waals surface area contributed by atoms with Crippen molar-refractivity contribution in [2.45, 2.75) is 32.2 Å². The van der Waals surface area contributed by atoms with E-state index in [0.29, 0.717) is 16.9 Å². The van der Waals surface area contributed by atoms with Crippen molar-refractivity contribution in [2.75, 3.05) is 5.73 Å². The largest absolute Gasteiger partial charge is 0.369 e. The minimum atomic E-state index is 0.0344. The van der Waals surface area contributed by atoms with Gasteiger partial charge in [0.15, 0.2) is 0 Å². The van der Waals surface area contributed by atoms with Crippen molar-refractivity contribution in [3.05, 3.63) is 23.2 Å². The predicted molar refractivity (Wildman–Crippen MR) is 71.2 cm³/mol. The molecule has 2 aromatic rings. The molecule has 1 aliphatic carbocycles. The lowest BCUT2D eigenvalue weighted by Crippen LogP contribution is -2.29. The summed E-state index contributed by atoms with van der Waals surface area (Å²) in [5, 5.41) is 0.700. The lowest BCUT2D eigenvalue weighted by Gasteiger charge is -2.28. The summed E-state index contributed by atoms with van der Waals surface area (Å²) in [5.74, 6) is 1.29. The number of hydrogen-bond donors (Lipinski definition) is 1. The Morgan fingerprint density at radius 1 is 1.41 bits per heavy atom. The highest BCUT2D eigenvalue weighted by atomic mass is 35.5. The molecule has 0 amide bonds. The molecule has 2 N–H and O–H groups in total. The van der Waals surface area contributed by atoms with Gasteiger partial charge in [-0.3, -0.25) is 0 Å². The summed E-state index contributed by atoms with van der Waals surface area (Å²) in [6.45, 7) is 4.47. The van der Waals surface area contributed by atoms with Gasteiger partial charge in [-0.2, -0.15) is 0 Å². The number of hydrogen-bond acceptors (Lipinski definition) is 2. The van der Waals surface area contributed by atoms with Gasteiger partial charge in [0.1, 0.15) is 0 Å². The molecule has 0 bridgehead atoms. The summed E-state index contributed by atoms with van der Waals surface area (Å²) in [7, 11) is 0. The zero-order valence-corrected chi connectivity index (χ0v) is 10.8. The Hall–Kier alpha value is -1.22. The second kappa shape index (κ2) is 3.39. The summed E-state index contributed by atoms with van der Waals surface area (Å²) in [6, 6.07) is 5.77. The SMILES string of the molecule is CC(C)(C1CC1)n1c(N)nc2cc(Cl)ccc21. The summed E-state index contributed by atoms with van der Waals surface area (Å²) < 4.78 is 2.15. The molecule has 90 valence electrons. The number of anilines is 1. The lowest BCUT2D eigenvalue weighted by molar-refractivity contribution is 0.318. The molecule has 3 nitrogen and oxygen atoms in total. The monoisotopic (exact) mass is 249 g/mol. The summed E-state index contributed by atoms with van der Waals surface area (Å²) in [6.07, 6.45) is 2.55. The summed E-state index contributed by atoms with van der Waals surface area (Å²) in [5.41, 5.74) is 8.05. The van der Waals surface area contributed by atoms with E-state index in [0.717, 1.165) is 11.0 Å². The number of fused-ring (bicyclic) bond motifs is 1. The topological polar surface area (TPSA) is 43.8 Å². The van der Waals surface area contributed by atoms with Crippen LogP contribution in [-0.2, 0) is 5.54 Å². The van der Waals surface area contributed by atoms with Crippen molar-refractivity contribution >= 4 is 28.6 Å². The fourth-order valence-electron chi connectivity index (χ4n) is 2.65. The number of nitrogens with zero attached hydrogens (tertiary/aromatic N) is 2. The molecule has 1 aromatic carbocycles. The van der Waals surface area contributed by atoms with E-state index < -0.39 is 0 Å². The minimum absolute atomic E-state index is 0.0344. The second-order valence-electron chi connectivity index (χ2n) is 5.37. The average molecular weight is 250 g/mol. The molecular weight excluding hydrogens is 234 g/mol. The van der Waals surface area contributed by atoms with Gasteiger partial charge in [0.2, 0.25) is 5.95 Å². The van der Waals surface area contributed by atoms with Crippen molar-refractivity contribution in [1.82, 2.24) is 9.55 Å². The van der Waals surface area contributed by atoms with Gasteiger partial charge in [-0.1, -0.05) is 11.6 Å². The third-order valence-electron chi connectivity index (χ3n) is 3.80. The Kier molecular flexibility index (Phi) is 2.17. The molecule has 1 aliphatic rings. The number of imidazole rings is 1. The Balaban J connectivity index is 2.24. The fraction of sp³-hybridized carbons (Fsp3) is 0.462. The Morgan fingerprint density at radius 2 is 2.12 bits per heavy atom. The average Bonchev–Trinajstić information content (AvgIpc) is 3.01. The van der Waals surface area contributed by atoms with Gasteiger partial charge in [-0.25, -0.2) is 4.98 Å². The maximum Gasteiger partial charge on any atom is 0.201 e. The lowest BCUT2D eigenvalue weighted by atomic mass is 9.98. The first-order chi connectivity index (χ1) is 8.00. The van der Waals surface area contributed by atoms with Crippen LogP contribution in [0, 0.1) is 5.92 Å². The van der Waals surface area contributed by atoms with Crippen molar-refractivity contribution in [1.29, 1.82) is 0 Å². The number of benzene rings is 1. The maximum absolute atomic E-state index is 6.06. The van der Waals surface area contributed by atoms with E-state index in [1.54, 1.807) is 0 Å². The van der Waals surface area contributed by atoms with Crippen LogP contribution in [0.15, 0.2) is 18.2 Å². The zero-order valence-electron chi connectivity index (χ0n) is 10.1. The van der Waals surface area contributed by atoms with Crippen LogP contribution >= 0.6 is 11.6 Å². The van der Waals surface area contributed by atoms with Gasteiger partial charge in [0.25, 0.3) is 0 Å². The number of aromatic nitrogens is 2. The Morgan fingerprint density at radius 3 is 2.76 bits per heavy atom. The summed E-state index contributed by atoms with van der Waals surface area (Å²) >= 11 is 5.98. The van der Waals surface area contributed by atoms with E-state index in [4.69, 9.17) is 17.3 Å². The normalized spacial score (nSPS) is 16.6. The standard InChI is InChI=1S/C13H16ClN3/c1-13(2,8-3-4-8)17-11-6-5-9(14)7-10(11)16-12(17)15/h5-8H,3-4H2,1-2H3,(H2,15,16). The van der Waals surface area contributed by atoms with Crippen molar-refractivity contribution in [2.24, 2.45) is 5.92 Å². The predicted octanol–water partition coefficient (Wildman–Crippen LogP) is 3.42. The van der Waals surface area contributed by atoms with Gasteiger partial charge in [-0.05, 0) is 50.8 Å². The third-order valence-corrected chi connectivity index (χ3v) is 4.03. The van der Waals surface area contributed by atoms with Crippen LogP contribution in [0.4, 0.5) is 5.95 Å². The molecule has 3 rings (SSSR count). The molecule has 17 heavy (non-hydrogen) atoms. The van der Waals surface area contributed by atoms with E-state index in [2.05, 4.69) is 23.4 Å². The zero-order chi connectivity index (χ0) is 12.2. The third kappa shape index (κ3) is 1.61. The van der Waals surface area contributed by atoms with Gasteiger partial charge < -0.3 is 10.3 Å². The molecule has 1 heterocycles. The Labute approximate surface area is 106 Å². The molecule has 0 radical (unpaired) electrons. The number of halogens is 1. The first-order valence-corrected chi connectivity index (χ1v) is 6.32. The van der Waals surface area contributed by atoms with Crippen molar-refractivity contribution in [3.63, 3.8) is 0 Å². The molecule has 1 saturated carbocycles. The first-order valence-electron chi connectivity index (χ1n) is 5.94. The quantitative estimate of drug-likeness (QED) is 0.886. The molecule has 0 saturated heterocycles. The summed E-state index contributed by atoms with van der Waals surface area (Å²) in [4.78, 5) is 4.41. The van der Waals surface area contributed by atoms with Crippen LogP contribution in [0.1, 0.15) is 26.7 Å². The van der Waals surface area contributed by atoms with E-state index in [-0.39, 0.29) is 5.54 Å². The van der Waals surface area contributed by atoms with Crippen LogP contribution < -0.4 is 5.73 Å². The highest BCUT2D eigenvalue weighted by molar-refractivity contribution is 6.31. The van der Waals surface area contributed by atoms with Crippen molar-refractivity contribution < 1.29 is 0 Å². The fourth-order valence-corrected chi connectivity index (χ4v) is 2.82. The van der Waals surface area contributed by atoms with Gasteiger partial charge in [0, 0.05) is 10.6 Å². The molecule has 4 heteroatoms. The molecule has 1 fully saturated rings. The second-order valence-corrected chi connectivity index (χ2v) is 5.80. The molecule has 0 atom stereocenters. The van der Waals surface area contributed by atoms with Crippen LogP contribution in [0.2, 0.25) is 5.02 Å². The molecule has 1 aromatic heterocycles. The van der Waals surface area contributed by atoms with Crippen LogP contribution in [0.5, 0.6) is 0 Å². The van der Waals surface area contributed by atoms with E-state index in [1.807, 2.05) is 18.2 Å². The van der Waals surface area contributed by atoms with Crippen LogP contribution in [-0.4, -0.2) is 9.55 Å². The number of nitrogens with two attached hydrogens (primary N) is 1. The van der Waals surface area contributed by atoms with Crippen LogP contribution in [0.3, 0.4) is 0 Å². The number of rotatable bonds is 2. The van der Waals surface area contributed by atoms with E-state index in [1.165, 1.54) is 12.8 Å². The van der Waals surface area contributed by atoms with Crippen molar-refractivity contribution in [3.8, 4) is 0 Å². The van der Waals surface area contributed by atoms with Gasteiger partial charge in [0.05, 0.1) is 11.0 Å². The maximum atomic E-state index is 6.06. The van der Waals surface area contributed by atoms with Crippen LogP contribution in [0.25, 0.3) is 11.0 Å². The smallest absolute Gasteiger partial charge is 0.201 e. The van der Waals surface area contributed by atoms with E-state index >= 15 is 0 Å². The molecule has 0 aliphatic heterocycles. The van der Waals surface area contributed by atoms with E-state index in [9.17, 15) is 0 Å².